The summed E-state index contributed by atoms with van der Waals surface area (Å²) in [5, 5.41) is 12.7. The molecule has 1 amide bonds. The van der Waals surface area contributed by atoms with Gasteiger partial charge in [0, 0.05) is 23.5 Å². The smallest absolute Gasteiger partial charge is 0.345 e. The molecule has 116 valence electrons. The van der Waals surface area contributed by atoms with Crippen LogP contribution in [0.4, 0.5) is 5.69 Å². The minimum atomic E-state index is -0.931. The van der Waals surface area contributed by atoms with Crippen LogP contribution >= 0.6 is 11.3 Å². The van der Waals surface area contributed by atoms with Crippen LogP contribution in [0, 0.1) is 0 Å². The second-order valence-corrected chi connectivity index (χ2v) is 6.19. The molecule has 1 aromatic heterocycles. The highest BCUT2D eigenvalue weighted by molar-refractivity contribution is 7.20. The summed E-state index contributed by atoms with van der Waals surface area (Å²) in [4.78, 5) is 25.4. The standard InChI is InChI=1S/C15H16N2O4S/c18-14(9-17-3-5-21-6-4-17)16-11-1-2-12-10(7-11)8-13(22-12)15(19)20/h1-2,7-8H,3-6,9H2,(H,16,18)(H,19,20). The molecule has 1 fully saturated rings. The minimum Gasteiger partial charge on any atom is -0.477 e. The molecule has 3 rings (SSSR count). The number of fused-ring (bicyclic) bond motifs is 1. The van der Waals surface area contributed by atoms with E-state index in [1.165, 1.54) is 11.3 Å². The van der Waals surface area contributed by atoms with Gasteiger partial charge in [-0.15, -0.1) is 11.3 Å². The van der Waals surface area contributed by atoms with E-state index in [-0.39, 0.29) is 5.91 Å². The second-order valence-electron chi connectivity index (χ2n) is 5.11. The summed E-state index contributed by atoms with van der Waals surface area (Å²) in [7, 11) is 0. The van der Waals surface area contributed by atoms with Crippen LogP contribution in [0.15, 0.2) is 24.3 Å². The molecule has 0 aliphatic carbocycles. The molecule has 0 bridgehead atoms. The Kier molecular flexibility index (Phi) is 4.37. The first-order valence-corrected chi connectivity index (χ1v) is 7.80. The van der Waals surface area contributed by atoms with E-state index in [2.05, 4.69) is 5.32 Å². The molecular weight excluding hydrogens is 304 g/mol. The highest BCUT2D eigenvalue weighted by Crippen LogP contribution is 2.28. The minimum absolute atomic E-state index is 0.0741. The molecule has 7 heteroatoms. The molecule has 1 saturated heterocycles. The quantitative estimate of drug-likeness (QED) is 0.899. The average molecular weight is 320 g/mol. The van der Waals surface area contributed by atoms with Crippen molar-refractivity contribution in [2.24, 2.45) is 0 Å². The van der Waals surface area contributed by atoms with Crippen molar-refractivity contribution >= 4 is 39.0 Å². The molecule has 0 saturated carbocycles. The Morgan fingerprint density at radius 2 is 2.05 bits per heavy atom. The molecule has 1 aromatic carbocycles. The highest BCUT2D eigenvalue weighted by Gasteiger charge is 2.14. The zero-order chi connectivity index (χ0) is 15.5. The van der Waals surface area contributed by atoms with Gasteiger partial charge in [0.1, 0.15) is 4.88 Å². The molecule has 0 spiro atoms. The predicted octanol–water partition coefficient (Wildman–Crippen LogP) is 1.87. The van der Waals surface area contributed by atoms with E-state index in [9.17, 15) is 9.59 Å². The van der Waals surface area contributed by atoms with Gasteiger partial charge in [0.05, 0.1) is 19.8 Å². The van der Waals surface area contributed by atoms with Crippen LogP contribution in [-0.2, 0) is 9.53 Å². The fraction of sp³-hybridized carbons (Fsp3) is 0.333. The maximum atomic E-state index is 12.0. The largest absolute Gasteiger partial charge is 0.477 e. The summed E-state index contributed by atoms with van der Waals surface area (Å²) in [5.74, 6) is -1.01. The first-order chi connectivity index (χ1) is 10.6. The molecule has 0 radical (unpaired) electrons. The summed E-state index contributed by atoms with van der Waals surface area (Å²) in [6, 6.07) is 7.05. The zero-order valence-electron chi connectivity index (χ0n) is 11.9. The van der Waals surface area contributed by atoms with Gasteiger partial charge in [-0.2, -0.15) is 0 Å². The van der Waals surface area contributed by atoms with E-state index in [0.717, 1.165) is 23.2 Å². The maximum absolute atomic E-state index is 12.0. The van der Waals surface area contributed by atoms with Gasteiger partial charge in [-0.05, 0) is 29.7 Å². The SMILES string of the molecule is O=C(CN1CCOCC1)Nc1ccc2sc(C(=O)O)cc2c1. The van der Waals surface area contributed by atoms with Gasteiger partial charge in [-0.3, -0.25) is 9.69 Å². The number of carboxylic acids is 1. The summed E-state index contributed by atoms with van der Waals surface area (Å²) >= 11 is 1.23. The van der Waals surface area contributed by atoms with Crippen LogP contribution in [0.3, 0.4) is 0 Å². The van der Waals surface area contributed by atoms with Crippen LogP contribution in [0.5, 0.6) is 0 Å². The van der Waals surface area contributed by atoms with Crippen molar-refractivity contribution in [3.05, 3.63) is 29.1 Å². The van der Waals surface area contributed by atoms with Gasteiger partial charge in [-0.1, -0.05) is 0 Å². The fourth-order valence-corrected chi connectivity index (χ4v) is 3.27. The fourth-order valence-electron chi connectivity index (χ4n) is 2.39. The molecule has 0 unspecified atom stereocenters. The van der Waals surface area contributed by atoms with Crippen LogP contribution in [0.2, 0.25) is 0 Å². The summed E-state index contributed by atoms with van der Waals surface area (Å²) in [6.07, 6.45) is 0. The van der Waals surface area contributed by atoms with Gasteiger partial charge in [0.25, 0.3) is 0 Å². The number of carbonyl (C=O) groups is 2. The maximum Gasteiger partial charge on any atom is 0.345 e. The number of carbonyl (C=O) groups excluding carboxylic acids is 1. The summed E-state index contributed by atoms with van der Waals surface area (Å²) < 4.78 is 6.14. The number of rotatable bonds is 4. The number of amides is 1. The molecular formula is C15H16N2O4S. The highest BCUT2D eigenvalue weighted by atomic mass is 32.1. The van der Waals surface area contributed by atoms with Crippen LogP contribution in [0.25, 0.3) is 10.1 Å². The molecule has 1 aliphatic heterocycles. The number of anilines is 1. The lowest BCUT2D eigenvalue weighted by Gasteiger charge is -2.25. The normalized spacial score (nSPS) is 15.8. The van der Waals surface area contributed by atoms with Gasteiger partial charge >= 0.3 is 5.97 Å². The van der Waals surface area contributed by atoms with Gasteiger partial charge in [0.15, 0.2) is 0 Å². The molecule has 2 heterocycles. The summed E-state index contributed by atoms with van der Waals surface area (Å²) in [5.41, 5.74) is 0.681. The van der Waals surface area contributed by atoms with E-state index < -0.39 is 5.97 Å². The van der Waals surface area contributed by atoms with E-state index in [1.807, 2.05) is 11.0 Å². The molecule has 6 nitrogen and oxygen atoms in total. The number of ether oxygens (including phenoxy) is 1. The Labute approximate surface area is 131 Å². The lowest BCUT2D eigenvalue weighted by atomic mass is 10.2. The lowest BCUT2D eigenvalue weighted by Crippen LogP contribution is -2.41. The van der Waals surface area contributed by atoms with Crippen LogP contribution in [0.1, 0.15) is 9.67 Å². The number of aromatic carboxylic acids is 1. The van der Waals surface area contributed by atoms with Gasteiger partial charge in [-0.25, -0.2) is 4.79 Å². The second kappa shape index (κ2) is 6.43. The van der Waals surface area contributed by atoms with E-state index in [1.54, 1.807) is 18.2 Å². The molecule has 1 aliphatic rings. The number of nitrogens with zero attached hydrogens (tertiary/aromatic N) is 1. The number of morpholine rings is 1. The van der Waals surface area contributed by atoms with Crippen molar-refractivity contribution in [1.29, 1.82) is 0 Å². The van der Waals surface area contributed by atoms with E-state index in [4.69, 9.17) is 9.84 Å². The Hall–Kier alpha value is -1.96. The van der Waals surface area contributed by atoms with Crippen molar-refractivity contribution in [3.8, 4) is 0 Å². The van der Waals surface area contributed by atoms with Crippen molar-refractivity contribution in [1.82, 2.24) is 4.90 Å². The third-order valence-electron chi connectivity index (χ3n) is 3.48. The van der Waals surface area contributed by atoms with E-state index in [0.29, 0.717) is 30.3 Å². The number of hydrogen-bond acceptors (Lipinski definition) is 5. The lowest BCUT2D eigenvalue weighted by molar-refractivity contribution is -0.118. The third-order valence-corrected chi connectivity index (χ3v) is 4.59. The van der Waals surface area contributed by atoms with Crippen molar-refractivity contribution in [3.63, 3.8) is 0 Å². The van der Waals surface area contributed by atoms with Crippen LogP contribution < -0.4 is 5.32 Å². The molecule has 2 aromatic rings. The number of carboxylic acid groups (broad SMARTS) is 1. The molecule has 0 atom stereocenters. The van der Waals surface area contributed by atoms with Crippen molar-refractivity contribution in [2.45, 2.75) is 0 Å². The van der Waals surface area contributed by atoms with Crippen molar-refractivity contribution < 1.29 is 19.4 Å². The number of hydrogen-bond donors (Lipinski definition) is 2. The van der Waals surface area contributed by atoms with Gasteiger partial charge < -0.3 is 15.2 Å². The number of benzene rings is 1. The first kappa shape index (κ1) is 15.0. The van der Waals surface area contributed by atoms with Crippen LogP contribution in [-0.4, -0.2) is 54.7 Å². The third kappa shape index (κ3) is 3.44. The Bertz CT molecular complexity index is 707. The molecule has 2 N–H and O–H groups in total. The van der Waals surface area contributed by atoms with E-state index >= 15 is 0 Å². The number of nitrogens with one attached hydrogen (secondary N) is 1. The molecule has 22 heavy (non-hydrogen) atoms. The Morgan fingerprint density at radius 1 is 1.27 bits per heavy atom. The topological polar surface area (TPSA) is 78.9 Å². The monoisotopic (exact) mass is 320 g/mol. The summed E-state index contributed by atoms with van der Waals surface area (Å²) in [6.45, 7) is 3.18. The first-order valence-electron chi connectivity index (χ1n) is 6.99. The van der Waals surface area contributed by atoms with Gasteiger partial charge in [0.2, 0.25) is 5.91 Å². The Morgan fingerprint density at radius 3 is 2.77 bits per heavy atom. The zero-order valence-corrected chi connectivity index (χ0v) is 12.7. The predicted molar refractivity (Wildman–Crippen MR) is 84.7 cm³/mol. The average Bonchev–Trinajstić information content (AvgIpc) is 2.91. The number of thiophene rings is 1. The van der Waals surface area contributed by atoms with Crippen molar-refractivity contribution in [2.75, 3.05) is 38.2 Å². The Balaban J connectivity index is 1.67.